The first kappa shape index (κ1) is 32.3. The molecular weight excluding hydrogens is 556 g/mol. The summed E-state index contributed by atoms with van der Waals surface area (Å²) in [6.07, 6.45) is 1.45. The average Bonchev–Trinajstić information content (AvgIpc) is 3.01. The van der Waals surface area contributed by atoms with Gasteiger partial charge in [-0.1, -0.05) is 75.4 Å². The van der Waals surface area contributed by atoms with Gasteiger partial charge in [0.2, 0.25) is 23.6 Å². The quantitative estimate of drug-likeness (QED) is 0.314. The molecule has 0 saturated heterocycles. The van der Waals surface area contributed by atoms with E-state index in [1.54, 1.807) is 6.92 Å². The van der Waals surface area contributed by atoms with Crippen molar-refractivity contribution in [3.05, 3.63) is 95.6 Å². The summed E-state index contributed by atoms with van der Waals surface area (Å²) in [7, 11) is 0. The number of ether oxygens (including phenoxy) is 1. The van der Waals surface area contributed by atoms with Crippen LogP contribution < -0.4 is 26.0 Å². The van der Waals surface area contributed by atoms with Gasteiger partial charge < -0.3 is 26.0 Å². The van der Waals surface area contributed by atoms with Crippen molar-refractivity contribution in [3.63, 3.8) is 0 Å². The molecule has 0 aromatic heterocycles. The maximum Gasteiger partial charge on any atom is 0.243 e. The van der Waals surface area contributed by atoms with Crippen LogP contribution in [0.25, 0.3) is 0 Å². The zero-order valence-corrected chi connectivity index (χ0v) is 25.6. The van der Waals surface area contributed by atoms with Gasteiger partial charge in [-0.15, -0.1) is 0 Å². The molecule has 1 aliphatic heterocycles. The fourth-order valence-electron chi connectivity index (χ4n) is 4.99. The van der Waals surface area contributed by atoms with E-state index in [0.29, 0.717) is 30.9 Å². The predicted molar refractivity (Wildman–Crippen MR) is 169 cm³/mol. The molecule has 9 nitrogen and oxygen atoms in total. The van der Waals surface area contributed by atoms with Gasteiger partial charge in [0.25, 0.3) is 0 Å². The Bertz CT molecular complexity index is 1440. The van der Waals surface area contributed by atoms with Crippen LogP contribution in [0.3, 0.4) is 0 Å². The van der Waals surface area contributed by atoms with E-state index in [0.717, 1.165) is 16.7 Å². The van der Waals surface area contributed by atoms with Gasteiger partial charge in [-0.25, -0.2) is 0 Å². The molecule has 44 heavy (non-hydrogen) atoms. The van der Waals surface area contributed by atoms with Crippen LogP contribution in [-0.4, -0.2) is 48.3 Å². The summed E-state index contributed by atoms with van der Waals surface area (Å²) in [4.78, 5) is 53.4. The van der Waals surface area contributed by atoms with Crippen LogP contribution in [-0.2, 0) is 38.4 Å². The van der Waals surface area contributed by atoms with Gasteiger partial charge >= 0.3 is 0 Å². The van der Waals surface area contributed by atoms with Gasteiger partial charge in [0.15, 0.2) is 0 Å². The van der Waals surface area contributed by atoms with E-state index in [4.69, 9.17) is 4.74 Å². The fourth-order valence-corrected chi connectivity index (χ4v) is 4.99. The van der Waals surface area contributed by atoms with Crippen molar-refractivity contribution in [1.29, 1.82) is 0 Å². The van der Waals surface area contributed by atoms with Crippen molar-refractivity contribution in [3.8, 4) is 11.5 Å². The minimum atomic E-state index is -0.946. The maximum absolute atomic E-state index is 13.9. The van der Waals surface area contributed by atoms with Gasteiger partial charge in [0.05, 0.1) is 0 Å². The third-order valence-electron chi connectivity index (χ3n) is 7.40. The summed E-state index contributed by atoms with van der Waals surface area (Å²) in [5.41, 5.74) is 2.61. The van der Waals surface area contributed by atoms with Crippen molar-refractivity contribution < 1.29 is 23.9 Å². The molecule has 0 radical (unpaired) electrons. The summed E-state index contributed by atoms with van der Waals surface area (Å²) < 4.78 is 6.14. The first-order valence-corrected chi connectivity index (χ1v) is 15.3. The molecule has 3 aromatic carbocycles. The van der Waals surface area contributed by atoms with Gasteiger partial charge in [-0.3, -0.25) is 19.2 Å². The molecule has 4 rings (SSSR count). The van der Waals surface area contributed by atoms with E-state index in [-0.39, 0.29) is 37.0 Å². The molecule has 0 saturated carbocycles. The van der Waals surface area contributed by atoms with Crippen LogP contribution in [0.4, 0.5) is 0 Å². The second-order valence-corrected chi connectivity index (χ2v) is 11.6. The van der Waals surface area contributed by atoms with Crippen LogP contribution >= 0.6 is 0 Å². The highest BCUT2D eigenvalue weighted by Crippen LogP contribution is 2.24. The maximum atomic E-state index is 13.9. The zero-order chi connectivity index (χ0) is 31.5. The minimum Gasteiger partial charge on any atom is -0.457 e. The number of amides is 4. The normalized spacial score (nSPS) is 18.9. The second-order valence-electron chi connectivity index (χ2n) is 11.6. The highest BCUT2D eigenvalue weighted by Gasteiger charge is 2.30. The van der Waals surface area contributed by atoms with Gasteiger partial charge in [0.1, 0.15) is 29.6 Å². The van der Waals surface area contributed by atoms with E-state index in [9.17, 15) is 19.2 Å². The molecule has 9 heteroatoms. The van der Waals surface area contributed by atoms with E-state index in [2.05, 4.69) is 21.3 Å². The van der Waals surface area contributed by atoms with E-state index in [1.165, 1.54) is 0 Å². The molecule has 3 atom stereocenters. The SMILES string of the molecule is CCC(=O)N[C@H]1Cc2cccc(c2)Oc2cccc(c2)C[C@@H](C(=O)NCC(C)C)NC(=O)[C@H](CCc2ccccc2)NC1=O. The number of nitrogens with one attached hydrogen (secondary N) is 4. The predicted octanol–water partition coefficient (Wildman–Crippen LogP) is 3.85. The Hall–Kier alpha value is -4.66. The molecule has 1 heterocycles. The fraction of sp³-hybridized carbons (Fsp3) is 0.371. The van der Waals surface area contributed by atoms with Crippen molar-refractivity contribution in [2.24, 2.45) is 5.92 Å². The van der Waals surface area contributed by atoms with Crippen molar-refractivity contribution in [2.45, 2.75) is 71.0 Å². The van der Waals surface area contributed by atoms with Crippen LogP contribution in [0.15, 0.2) is 78.9 Å². The van der Waals surface area contributed by atoms with Gasteiger partial charge in [-0.2, -0.15) is 0 Å². The lowest BCUT2D eigenvalue weighted by atomic mass is 10.0. The Labute approximate surface area is 259 Å². The van der Waals surface area contributed by atoms with E-state index >= 15 is 0 Å². The molecule has 0 spiro atoms. The highest BCUT2D eigenvalue weighted by atomic mass is 16.5. The molecule has 4 amide bonds. The minimum absolute atomic E-state index is 0.196. The lowest BCUT2D eigenvalue weighted by Gasteiger charge is -2.26. The van der Waals surface area contributed by atoms with Gasteiger partial charge in [0, 0.05) is 25.8 Å². The topological polar surface area (TPSA) is 126 Å². The number of aryl methyl sites for hydroxylation is 1. The molecule has 0 aliphatic carbocycles. The monoisotopic (exact) mass is 598 g/mol. The first-order chi connectivity index (χ1) is 21.2. The van der Waals surface area contributed by atoms with Crippen molar-refractivity contribution in [2.75, 3.05) is 6.54 Å². The highest BCUT2D eigenvalue weighted by molar-refractivity contribution is 5.94. The summed E-state index contributed by atoms with van der Waals surface area (Å²) in [5.74, 6) is -0.168. The molecule has 0 unspecified atom stereocenters. The Morgan fingerprint density at radius 1 is 0.864 bits per heavy atom. The zero-order valence-electron chi connectivity index (χ0n) is 25.6. The van der Waals surface area contributed by atoms with Crippen LogP contribution in [0.1, 0.15) is 50.3 Å². The summed E-state index contributed by atoms with van der Waals surface area (Å²) in [5, 5.41) is 11.6. The first-order valence-electron chi connectivity index (χ1n) is 15.3. The summed E-state index contributed by atoms with van der Waals surface area (Å²) in [6.45, 7) is 6.16. The third kappa shape index (κ3) is 9.69. The number of hydrogen-bond acceptors (Lipinski definition) is 5. The van der Waals surface area contributed by atoms with Crippen molar-refractivity contribution in [1.82, 2.24) is 21.3 Å². The Morgan fingerprint density at radius 3 is 2.16 bits per heavy atom. The smallest absolute Gasteiger partial charge is 0.243 e. The molecule has 3 aromatic rings. The van der Waals surface area contributed by atoms with Crippen molar-refractivity contribution >= 4 is 23.6 Å². The molecule has 0 fully saturated rings. The number of rotatable bonds is 8. The Kier molecular flexibility index (Phi) is 11.5. The van der Waals surface area contributed by atoms with E-state index in [1.807, 2.05) is 92.7 Å². The average molecular weight is 599 g/mol. The lowest BCUT2D eigenvalue weighted by molar-refractivity contribution is -0.133. The lowest BCUT2D eigenvalue weighted by Crippen LogP contribution is -2.57. The largest absolute Gasteiger partial charge is 0.457 e. The Balaban J connectivity index is 1.71. The second kappa shape index (κ2) is 15.7. The number of benzene rings is 3. The standard InChI is InChI=1S/C35H42N4O5/c1-4-32(40)37-31-21-26-13-9-15-28(19-26)44-27-14-8-12-25(18-27)20-30(33(41)36-22-23(2)3)39-34(42)29(38-35(31)43)17-16-24-10-6-5-7-11-24/h5-15,18-19,23,29-31H,4,16-17,20-22H2,1-3H3,(H,36,41)(H,37,40)(H,38,43)(H,39,42)/t29-,30-,31-/m0/s1. The molecule has 4 bridgehead atoms. The summed E-state index contributed by atoms with van der Waals surface area (Å²) in [6, 6.07) is 21.7. The number of hydrogen-bond donors (Lipinski definition) is 4. The molecule has 232 valence electrons. The Morgan fingerprint density at radius 2 is 1.52 bits per heavy atom. The molecule has 4 N–H and O–H groups in total. The molecular formula is C35H42N4O5. The van der Waals surface area contributed by atoms with Crippen LogP contribution in [0.2, 0.25) is 0 Å². The number of carbonyl (C=O) groups is 4. The number of fused-ring (bicyclic) bond motifs is 4. The van der Waals surface area contributed by atoms with E-state index < -0.39 is 29.9 Å². The third-order valence-corrected chi connectivity index (χ3v) is 7.40. The number of carbonyl (C=O) groups excluding carboxylic acids is 4. The molecule has 1 aliphatic rings. The van der Waals surface area contributed by atoms with Gasteiger partial charge in [-0.05, 0) is 59.7 Å². The van der Waals surface area contributed by atoms with Crippen LogP contribution in [0.5, 0.6) is 11.5 Å². The summed E-state index contributed by atoms with van der Waals surface area (Å²) >= 11 is 0. The van der Waals surface area contributed by atoms with Crippen LogP contribution in [0, 0.1) is 5.92 Å².